The number of nitrogens with one attached hydrogen (secondary N) is 1. The van der Waals surface area contributed by atoms with Crippen molar-refractivity contribution in [3.8, 4) is 11.1 Å². The summed E-state index contributed by atoms with van der Waals surface area (Å²) in [5.74, 6) is 0.542. The van der Waals surface area contributed by atoms with Gasteiger partial charge in [0.05, 0.1) is 11.6 Å². The largest absolute Gasteiger partial charge is 0.369 e. The normalized spacial score (nSPS) is 17.7. The minimum atomic E-state index is -0.191. The maximum Gasteiger partial charge on any atom is 0.260 e. The average Bonchev–Trinajstić information content (AvgIpc) is 3.02. The Balaban J connectivity index is 1.42. The van der Waals surface area contributed by atoms with Crippen LogP contribution in [0.5, 0.6) is 0 Å². The summed E-state index contributed by atoms with van der Waals surface area (Å²) in [5.41, 5.74) is 6.11. The van der Waals surface area contributed by atoms with Crippen LogP contribution in [0.1, 0.15) is 43.4 Å². The van der Waals surface area contributed by atoms with E-state index in [2.05, 4.69) is 63.2 Å². The van der Waals surface area contributed by atoms with Crippen LogP contribution < -0.4 is 15.8 Å². The van der Waals surface area contributed by atoms with E-state index in [1.165, 1.54) is 11.3 Å². The van der Waals surface area contributed by atoms with Crippen LogP contribution in [0.2, 0.25) is 0 Å². The summed E-state index contributed by atoms with van der Waals surface area (Å²) >= 11 is 3.66. The van der Waals surface area contributed by atoms with Gasteiger partial charge in [-0.25, -0.2) is 4.98 Å². The van der Waals surface area contributed by atoms with Crippen LogP contribution in [0.25, 0.3) is 22.2 Å². The first-order valence-electron chi connectivity index (χ1n) is 15.5. The highest BCUT2D eigenvalue weighted by Gasteiger charge is 2.29. The second-order valence-corrected chi connectivity index (χ2v) is 12.8. The highest BCUT2D eigenvalue weighted by atomic mass is 79.9. The summed E-state index contributed by atoms with van der Waals surface area (Å²) in [4.78, 5) is 43.5. The lowest BCUT2D eigenvalue weighted by atomic mass is 9.98. The minimum Gasteiger partial charge on any atom is -0.369 e. The van der Waals surface area contributed by atoms with Crippen LogP contribution in [0, 0.1) is 13.8 Å². The molecule has 0 aliphatic carbocycles. The van der Waals surface area contributed by atoms with Crippen molar-refractivity contribution >= 4 is 50.2 Å². The molecule has 0 unspecified atom stereocenters. The highest BCUT2D eigenvalue weighted by molar-refractivity contribution is 9.10. The van der Waals surface area contributed by atoms with Gasteiger partial charge in [0, 0.05) is 78.7 Å². The van der Waals surface area contributed by atoms with Crippen LogP contribution in [0.4, 0.5) is 17.3 Å². The van der Waals surface area contributed by atoms with E-state index in [-0.39, 0.29) is 17.5 Å². The number of carbonyl (C=O) groups excluding carboxylic acids is 1. The minimum absolute atomic E-state index is 0.102. The lowest BCUT2D eigenvalue weighted by Gasteiger charge is -2.35. The number of aryl methyl sites for hydroxylation is 2. The Labute approximate surface area is 267 Å². The van der Waals surface area contributed by atoms with Crippen LogP contribution in [-0.2, 0) is 4.79 Å². The van der Waals surface area contributed by atoms with E-state index < -0.39 is 0 Å². The summed E-state index contributed by atoms with van der Waals surface area (Å²) in [6.45, 7) is 11.3. The molecule has 1 N–H and O–H groups in total. The number of piperidine rings is 1. The van der Waals surface area contributed by atoms with Gasteiger partial charge in [-0.05, 0) is 69.1 Å². The summed E-state index contributed by atoms with van der Waals surface area (Å²) in [7, 11) is 2.16. The zero-order valence-corrected chi connectivity index (χ0v) is 27.5. The highest BCUT2D eigenvalue weighted by Crippen LogP contribution is 2.34. The van der Waals surface area contributed by atoms with E-state index in [1.807, 2.05) is 53.8 Å². The number of likely N-dealkylation sites (N-methyl/N-ethyl adjacent to an activating group) is 1. The summed E-state index contributed by atoms with van der Waals surface area (Å²) < 4.78 is 2.67. The number of benzene rings is 2. The first kappa shape index (κ1) is 30.3. The molecule has 10 heteroatoms. The molecular formula is C34H40BrN7O2. The Morgan fingerprint density at radius 3 is 2.57 bits per heavy atom. The van der Waals surface area contributed by atoms with Crippen LogP contribution in [0.3, 0.4) is 0 Å². The third kappa shape index (κ3) is 5.85. The quantitative estimate of drug-likeness (QED) is 0.276. The number of anilines is 3. The second kappa shape index (κ2) is 12.7. The van der Waals surface area contributed by atoms with Crippen molar-refractivity contribution in [1.29, 1.82) is 0 Å². The van der Waals surface area contributed by atoms with Gasteiger partial charge >= 0.3 is 0 Å². The number of hydrogen-bond acceptors (Lipinski definition) is 7. The zero-order valence-electron chi connectivity index (χ0n) is 25.9. The predicted molar refractivity (Wildman–Crippen MR) is 181 cm³/mol. The van der Waals surface area contributed by atoms with Crippen molar-refractivity contribution in [3.05, 3.63) is 74.6 Å². The van der Waals surface area contributed by atoms with Gasteiger partial charge in [0.15, 0.2) is 0 Å². The number of nitrogens with zero attached hydrogens (tertiary/aromatic N) is 6. The van der Waals surface area contributed by atoms with Gasteiger partial charge in [-0.2, -0.15) is 4.98 Å². The van der Waals surface area contributed by atoms with E-state index in [0.717, 1.165) is 65.7 Å². The van der Waals surface area contributed by atoms with E-state index in [4.69, 9.17) is 9.97 Å². The molecule has 230 valence electrons. The monoisotopic (exact) mass is 657 g/mol. The molecule has 0 spiro atoms. The first-order valence-corrected chi connectivity index (χ1v) is 16.3. The predicted octanol–water partition coefficient (Wildman–Crippen LogP) is 5.91. The van der Waals surface area contributed by atoms with Gasteiger partial charge < -0.3 is 20.0 Å². The van der Waals surface area contributed by atoms with E-state index in [0.29, 0.717) is 36.7 Å². The zero-order chi connectivity index (χ0) is 31.0. The maximum absolute atomic E-state index is 14.5. The topological polar surface area (TPSA) is 86.6 Å². The molecule has 44 heavy (non-hydrogen) atoms. The van der Waals surface area contributed by atoms with Gasteiger partial charge in [0.1, 0.15) is 5.65 Å². The van der Waals surface area contributed by atoms with Crippen LogP contribution >= 0.6 is 15.9 Å². The van der Waals surface area contributed by atoms with Crippen molar-refractivity contribution in [1.82, 2.24) is 24.3 Å². The molecule has 1 amide bonds. The number of halogens is 1. The Kier molecular flexibility index (Phi) is 8.73. The van der Waals surface area contributed by atoms with Crippen molar-refractivity contribution in [2.45, 2.75) is 46.1 Å². The Bertz CT molecular complexity index is 1760. The number of fused-ring (bicyclic) bond motifs is 1. The fraction of sp³-hybridized carbons (Fsp3) is 0.412. The smallest absolute Gasteiger partial charge is 0.260 e. The average molecular weight is 659 g/mol. The fourth-order valence-electron chi connectivity index (χ4n) is 6.59. The number of hydrogen-bond donors (Lipinski definition) is 1. The van der Waals surface area contributed by atoms with Gasteiger partial charge in [0.25, 0.3) is 5.56 Å². The lowest BCUT2D eigenvalue weighted by Crippen LogP contribution is -2.44. The molecule has 2 aliphatic heterocycles. The summed E-state index contributed by atoms with van der Waals surface area (Å²) in [5, 5.41) is 4.22. The summed E-state index contributed by atoms with van der Waals surface area (Å²) in [6.07, 6.45) is 3.89. The number of piperazine rings is 1. The standard InChI is InChI=1S/C34H40BrN7O2/c1-5-30(43)41-14-8-9-25(21-41)42-32-27(23(3)31(33(42)44)26-10-6-7-11-28(26)35)20-36-34(38-32)37-24-12-13-29(22(2)19-24)40-17-15-39(4)16-18-40/h6-7,10-13,19-20,25H,5,8-9,14-18,21H2,1-4H3,(H,36,37,38)/t25-/m1/s1. The Morgan fingerprint density at radius 2 is 1.84 bits per heavy atom. The molecule has 0 bridgehead atoms. The van der Waals surface area contributed by atoms with Crippen molar-refractivity contribution < 1.29 is 4.79 Å². The molecular weight excluding hydrogens is 618 g/mol. The molecule has 2 aromatic heterocycles. The molecule has 0 radical (unpaired) electrons. The van der Waals surface area contributed by atoms with Gasteiger partial charge in [-0.3, -0.25) is 14.2 Å². The molecule has 2 aromatic carbocycles. The van der Waals surface area contributed by atoms with Crippen molar-refractivity contribution in [2.24, 2.45) is 0 Å². The number of pyridine rings is 1. The van der Waals surface area contributed by atoms with Gasteiger partial charge in [0.2, 0.25) is 11.9 Å². The Morgan fingerprint density at radius 1 is 1.07 bits per heavy atom. The van der Waals surface area contributed by atoms with Crippen molar-refractivity contribution in [2.75, 3.05) is 56.5 Å². The third-order valence-corrected chi connectivity index (χ3v) is 9.76. The number of rotatable bonds is 6. The van der Waals surface area contributed by atoms with E-state index >= 15 is 0 Å². The number of amides is 1. The number of aromatic nitrogens is 3. The fourth-order valence-corrected chi connectivity index (χ4v) is 7.08. The molecule has 2 aliphatic rings. The molecule has 1 atom stereocenters. The SMILES string of the molecule is CCC(=O)N1CCC[C@@H](n2c(=O)c(-c3ccccc3Br)c(C)c3cnc(Nc4ccc(N5CCN(C)CC5)c(C)c4)nc32)C1. The lowest BCUT2D eigenvalue weighted by molar-refractivity contribution is -0.132. The first-order chi connectivity index (χ1) is 21.2. The molecule has 2 fully saturated rings. The molecule has 4 heterocycles. The Hall–Kier alpha value is -3.76. The molecule has 4 aromatic rings. The number of likely N-dealkylation sites (tertiary alicyclic amines) is 1. The van der Waals surface area contributed by atoms with Crippen molar-refractivity contribution in [3.63, 3.8) is 0 Å². The molecule has 2 saturated heterocycles. The third-order valence-electron chi connectivity index (χ3n) is 9.07. The van der Waals surface area contributed by atoms with Gasteiger partial charge in [-0.1, -0.05) is 41.1 Å². The second-order valence-electron chi connectivity index (χ2n) is 12.0. The number of carbonyl (C=O) groups is 1. The van der Waals surface area contributed by atoms with Crippen LogP contribution in [0.15, 0.2) is 57.9 Å². The molecule has 0 saturated carbocycles. The molecule has 9 nitrogen and oxygen atoms in total. The summed E-state index contributed by atoms with van der Waals surface area (Å²) in [6, 6.07) is 14.0. The maximum atomic E-state index is 14.5. The van der Waals surface area contributed by atoms with E-state index in [1.54, 1.807) is 0 Å². The molecule has 6 rings (SSSR count). The van der Waals surface area contributed by atoms with Gasteiger partial charge in [-0.15, -0.1) is 0 Å². The van der Waals surface area contributed by atoms with Crippen LogP contribution in [-0.4, -0.2) is 76.6 Å². The van der Waals surface area contributed by atoms with E-state index in [9.17, 15) is 9.59 Å².